The average molecular weight is 239 g/mol. The molecule has 0 amide bonds. The quantitative estimate of drug-likeness (QED) is 0.753. The average Bonchev–Trinajstić information content (AvgIpc) is 2.68. The number of nitrogens with zero attached hydrogens (tertiary/aromatic N) is 2. The van der Waals surface area contributed by atoms with Crippen molar-refractivity contribution < 1.29 is 5.11 Å². The zero-order valence-corrected chi connectivity index (χ0v) is 9.15. The minimum Gasteiger partial charge on any atom is -0.388 e. The molecule has 5 nitrogen and oxygen atoms in total. The third kappa shape index (κ3) is 2.15. The van der Waals surface area contributed by atoms with Crippen LogP contribution in [0.4, 0.5) is 5.82 Å². The minimum atomic E-state index is -0.723. The third-order valence-corrected chi connectivity index (χ3v) is 2.67. The number of aromatic nitrogens is 3. The van der Waals surface area contributed by atoms with Crippen LogP contribution in [0.25, 0.3) is 0 Å². The van der Waals surface area contributed by atoms with E-state index in [0.717, 1.165) is 5.56 Å². The fourth-order valence-electron chi connectivity index (χ4n) is 1.46. The summed E-state index contributed by atoms with van der Waals surface area (Å²) in [7, 11) is 0. The molecule has 2 rings (SSSR count). The molecule has 0 fully saturated rings. The highest BCUT2D eigenvalue weighted by Gasteiger charge is 2.14. The molecule has 0 spiro atoms. The molecule has 0 aliphatic rings. The summed E-state index contributed by atoms with van der Waals surface area (Å²) >= 11 is 5.94. The maximum atomic E-state index is 9.95. The Balaban J connectivity index is 2.17. The Morgan fingerprint density at radius 1 is 1.50 bits per heavy atom. The van der Waals surface area contributed by atoms with Crippen molar-refractivity contribution in [3.05, 3.63) is 40.8 Å². The molecule has 2 heterocycles. The molecule has 6 heteroatoms. The number of nitrogens with one attached hydrogen (secondary N) is 1. The van der Waals surface area contributed by atoms with Crippen LogP contribution in [0.2, 0.25) is 5.02 Å². The summed E-state index contributed by atoms with van der Waals surface area (Å²) in [6.45, 7) is 0. The standard InChI is InChI=1S/C10H11ClN4O/c11-8-5-13-2-1-6(8)3-9(16)7-4-14-15-10(7)12/h1-2,4-5,9,16H,3H2,(H3,12,14,15). The molecule has 1 unspecified atom stereocenters. The van der Waals surface area contributed by atoms with Gasteiger partial charge in [-0.2, -0.15) is 5.10 Å². The molecule has 84 valence electrons. The fourth-order valence-corrected chi connectivity index (χ4v) is 1.66. The van der Waals surface area contributed by atoms with Crippen LogP contribution in [0.1, 0.15) is 17.2 Å². The molecule has 2 aromatic heterocycles. The van der Waals surface area contributed by atoms with E-state index in [2.05, 4.69) is 15.2 Å². The lowest BCUT2D eigenvalue weighted by Crippen LogP contribution is -2.04. The molecule has 0 radical (unpaired) electrons. The number of halogens is 1. The molecule has 0 saturated carbocycles. The van der Waals surface area contributed by atoms with Gasteiger partial charge < -0.3 is 10.8 Å². The summed E-state index contributed by atoms with van der Waals surface area (Å²) in [6.07, 6.45) is 4.34. The van der Waals surface area contributed by atoms with Gasteiger partial charge in [0.15, 0.2) is 0 Å². The van der Waals surface area contributed by atoms with Gasteiger partial charge in [-0.3, -0.25) is 10.1 Å². The van der Waals surface area contributed by atoms with Crippen LogP contribution in [0.15, 0.2) is 24.7 Å². The van der Waals surface area contributed by atoms with Crippen molar-refractivity contribution in [1.29, 1.82) is 0 Å². The fraction of sp³-hybridized carbons (Fsp3) is 0.200. The molecule has 0 saturated heterocycles. The molecular weight excluding hydrogens is 228 g/mol. The van der Waals surface area contributed by atoms with E-state index in [0.29, 0.717) is 22.8 Å². The van der Waals surface area contributed by atoms with Crippen molar-refractivity contribution >= 4 is 17.4 Å². The Morgan fingerprint density at radius 3 is 2.94 bits per heavy atom. The second-order valence-corrected chi connectivity index (χ2v) is 3.83. The third-order valence-electron chi connectivity index (χ3n) is 2.33. The van der Waals surface area contributed by atoms with Crippen molar-refractivity contribution in [2.24, 2.45) is 0 Å². The van der Waals surface area contributed by atoms with Gasteiger partial charge in [0.25, 0.3) is 0 Å². The Hall–Kier alpha value is -1.59. The Kier molecular flexibility index (Phi) is 3.07. The Labute approximate surface area is 97.3 Å². The van der Waals surface area contributed by atoms with Crippen LogP contribution < -0.4 is 5.73 Å². The van der Waals surface area contributed by atoms with Gasteiger partial charge in [-0.1, -0.05) is 11.6 Å². The lowest BCUT2D eigenvalue weighted by Gasteiger charge is -2.10. The summed E-state index contributed by atoms with van der Waals surface area (Å²) in [5.41, 5.74) is 7.01. The number of hydrogen-bond donors (Lipinski definition) is 3. The highest BCUT2D eigenvalue weighted by Crippen LogP contribution is 2.24. The number of aliphatic hydroxyl groups excluding tert-OH is 1. The van der Waals surface area contributed by atoms with E-state index >= 15 is 0 Å². The SMILES string of the molecule is Nc1[nH]ncc1C(O)Cc1ccncc1Cl. The summed E-state index contributed by atoms with van der Waals surface area (Å²) in [5, 5.41) is 16.8. The number of nitrogen functional groups attached to an aromatic ring is 1. The second kappa shape index (κ2) is 4.51. The van der Waals surface area contributed by atoms with Crippen molar-refractivity contribution in [2.45, 2.75) is 12.5 Å². The molecule has 16 heavy (non-hydrogen) atoms. The van der Waals surface area contributed by atoms with Gasteiger partial charge in [0, 0.05) is 24.4 Å². The number of H-pyrrole nitrogens is 1. The number of aromatic amines is 1. The highest BCUT2D eigenvalue weighted by atomic mass is 35.5. The maximum Gasteiger partial charge on any atom is 0.124 e. The van der Waals surface area contributed by atoms with E-state index in [1.807, 2.05) is 0 Å². The maximum absolute atomic E-state index is 9.95. The predicted molar refractivity (Wildman–Crippen MR) is 60.9 cm³/mol. The number of pyridine rings is 1. The van der Waals surface area contributed by atoms with E-state index in [1.54, 1.807) is 18.5 Å². The number of aliphatic hydroxyl groups is 1. The first-order valence-corrected chi connectivity index (χ1v) is 5.11. The summed E-state index contributed by atoms with van der Waals surface area (Å²) in [4.78, 5) is 3.88. The van der Waals surface area contributed by atoms with Crippen LogP contribution in [-0.2, 0) is 6.42 Å². The number of nitrogens with two attached hydrogens (primary N) is 1. The van der Waals surface area contributed by atoms with Crippen LogP contribution in [-0.4, -0.2) is 20.3 Å². The molecule has 0 aliphatic heterocycles. The van der Waals surface area contributed by atoms with Crippen LogP contribution in [0, 0.1) is 0 Å². The van der Waals surface area contributed by atoms with Gasteiger partial charge in [0.1, 0.15) is 5.82 Å². The van der Waals surface area contributed by atoms with E-state index < -0.39 is 6.10 Å². The minimum absolute atomic E-state index is 0.373. The zero-order chi connectivity index (χ0) is 11.5. The monoisotopic (exact) mass is 238 g/mol. The lowest BCUT2D eigenvalue weighted by molar-refractivity contribution is 0.179. The molecular formula is C10H11ClN4O. The van der Waals surface area contributed by atoms with Gasteiger partial charge in [0.2, 0.25) is 0 Å². The smallest absolute Gasteiger partial charge is 0.124 e. The van der Waals surface area contributed by atoms with Crippen LogP contribution in [0.3, 0.4) is 0 Å². The summed E-state index contributed by atoms with van der Waals surface area (Å²) in [5.74, 6) is 0.373. The van der Waals surface area contributed by atoms with Crippen molar-refractivity contribution in [3.8, 4) is 0 Å². The normalized spacial score (nSPS) is 12.6. The van der Waals surface area contributed by atoms with Gasteiger partial charge in [-0.05, 0) is 11.6 Å². The summed E-state index contributed by atoms with van der Waals surface area (Å²) in [6, 6.07) is 1.77. The Bertz CT molecular complexity index is 485. The molecule has 1 atom stereocenters. The first-order valence-electron chi connectivity index (χ1n) is 4.73. The lowest BCUT2D eigenvalue weighted by atomic mass is 10.0. The van der Waals surface area contributed by atoms with E-state index in [9.17, 15) is 5.11 Å². The Morgan fingerprint density at radius 2 is 2.31 bits per heavy atom. The number of anilines is 1. The van der Waals surface area contributed by atoms with Gasteiger partial charge in [-0.15, -0.1) is 0 Å². The molecule has 0 aliphatic carbocycles. The first-order chi connectivity index (χ1) is 7.68. The van der Waals surface area contributed by atoms with Crippen molar-refractivity contribution in [3.63, 3.8) is 0 Å². The van der Waals surface area contributed by atoms with E-state index in [4.69, 9.17) is 17.3 Å². The predicted octanol–water partition coefficient (Wildman–Crippen LogP) is 1.32. The topological polar surface area (TPSA) is 87.8 Å². The molecule has 0 aromatic carbocycles. The number of hydrogen-bond acceptors (Lipinski definition) is 4. The van der Waals surface area contributed by atoms with Crippen LogP contribution in [0.5, 0.6) is 0 Å². The van der Waals surface area contributed by atoms with Gasteiger partial charge in [0.05, 0.1) is 17.3 Å². The number of rotatable bonds is 3. The van der Waals surface area contributed by atoms with Crippen molar-refractivity contribution in [2.75, 3.05) is 5.73 Å². The summed E-state index contributed by atoms with van der Waals surface area (Å²) < 4.78 is 0. The second-order valence-electron chi connectivity index (χ2n) is 3.43. The van der Waals surface area contributed by atoms with Gasteiger partial charge in [-0.25, -0.2) is 0 Å². The first kappa shape index (κ1) is 10.9. The highest BCUT2D eigenvalue weighted by molar-refractivity contribution is 6.31. The molecule has 4 N–H and O–H groups in total. The zero-order valence-electron chi connectivity index (χ0n) is 8.39. The van der Waals surface area contributed by atoms with E-state index in [-0.39, 0.29) is 0 Å². The van der Waals surface area contributed by atoms with Crippen LogP contribution >= 0.6 is 11.6 Å². The molecule has 2 aromatic rings. The van der Waals surface area contributed by atoms with E-state index in [1.165, 1.54) is 6.20 Å². The molecule has 0 bridgehead atoms. The largest absolute Gasteiger partial charge is 0.388 e. The van der Waals surface area contributed by atoms with Crippen molar-refractivity contribution in [1.82, 2.24) is 15.2 Å². The van der Waals surface area contributed by atoms with Gasteiger partial charge >= 0.3 is 0 Å².